The summed E-state index contributed by atoms with van der Waals surface area (Å²) in [6.07, 6.45) is 0. The van der Waals surface area contributed by atoms with Crippen LogP contribution in [0.5, 0.6) is 0 Å². The van der Waals surface area contributed by atoms with E-state index in [9.17, 15) is 0 Å². The van der Waals surface area contributed by atoms with Crippen LogP contribution >= 0.6 is 0 Å². The molecule has 2 heteroatoms. The van der Waals surface area contributed by atoms with E-state index in [1.54, 1.807) is 0 Å². The fraction of sp³-hybridized carbons (Fsp3) is 0.118. The van der Waals surface area contributed by atoms with E-state index < -0.39 is 0 Å². The van der Waals surface area contributed by atoms with Gasteiger partial charge in [0.05, 0.1) is 11.6 Å². The van der Waals surface area contributed by atoms with E-state index in [1.807, 2.05) is 50.2 Å². The maximum atomic E-state index is 8.90. The molecule has 0 aliphatic rings. The molecule has 2 N–H and O–H groups in total. The maximum absolute atomic E-state index is 8.90. The summed E-state index contributed by atoms with van der Waals surface area (Å²) in [4.78, 5) is 0. The SMILES string of the molecule is C=C(c1ccc(N)cc1C)c1ccc(C#N)cc1C. The zero-order valence-electron chi connectivity index (χ0n) is 11.2. The molecule has 0 aromatic heterocycles. The second-order valence-corrected chi connectivity index (χ2v) is 4.69. The van der Waals surface area contributed by atoms with Gasteiger partial charge in [-0.3, -0.25) is 0 Å². The van der Waals surface area contributed by atoms with Crippen molar-refractivity contribution < 1.29 is 0 Å². The smallest absolute Gasteiger partial charge is 0.0991 e. The van der Waals surface area contributed by atoms with Gasteiger partial charge in [-0.2, -0.15) is 5.26 Å². The minimum atomic E-state index is 0.670. The van der Waals surface area contributed by atoms with Crippen molar-refractivity contribution in [3.63, 3.8) is 0 Å². The van der Waals surface area contributed by atoms with Crippen LogP contribution in [0.1, 0.15) is 27.8 Å². The highest BCUT2D eigenvalue weighted by Gasteiger charge is 2.09. The number of benzene rings is 2. The average Bonchev–Trinajstić information content (AvgIpc) is 2.37. The number of hydrogen-bond donors (Lipinski definition) is 1. The summed E-state index contributed by atoms with van der Waals surface area (Å²) < 4.78 is 0. The molecule has 0 amide bonds. The van der Waals surface area contributed by atoms with Crippen molar-refractivity contribution >= 4 is 11.3 Å². The van der Waals surface area contributed by atoms with Gasteiger partial charge >= 0.3 is 0 Å². The number of nitrogen functional groups attached to an aromatic ring is 1. The molecule has 0 atom stereocenters. The average molecular weight is 248 g/mol. The van der Waals surface area contributed by atoms with Crippen LogP contribution in [0.2, 0.25) is 0 Å². The Hall–Kier alpha value is -2.53. The highest BCUT2D eigenvalue weighted by Crippen LogP contribution is 2.28. The topological polar surface area (TPSA) is 49.8 Å². The van der Waals surface area contributed by atoms with Crippen molar-refractivity contribution in [1.82, 2.24) is 0 Å². The third-order valence-corrected chi connectivity index (χ3v) is 3.26. The van der Waals surface area contributed by atoms with Gasteiger partial charge in [0.25, 0.3) is 0 Å². The lowest BCUT2D eigenvalue weighted by Gasteiger charge is -2.13. The molecule has 0 saturated carbocycles. The highest BCUT2D eigenvalue weighted by atomic mass is 14.5. The Bertz CT molecular complexity index is 691. The van der Waals surface area contributed by atoms with Gasteiger partial charge in [-0.1, -0.05) is 18.7 Å². The van der Waals surface area contributed by atoms with Crippen molar-refractivity contribution in [2.24, 2.45) is 0 Å². The standard InChI is InChI=1S/C17H16N2/c1-11-8-14(10-18)4-6-16(11)13(3)17-7-5-15(19)9-12(17)2/h4-9H,3,19H2,1-2H3. The van der Waals surface area contributed by atoms with Gasteiger partial charge in [0.1, 0.15) is 0 Å². The lowest BCUT2D eigenvalue weighted by atomic mass is 9.92. The van der Waals surface area contributed by atoms with Crippen LogP contribution in [0.4, 0.5) is 5.69 Å². The summed E-state index contributed by atoms with van der Waals surface area (Å²) in [5.74, 6) is 0. The second-order valence-electron chi connectivity index (χ2n) is 4.69. The Morgan fingerprint density at radius 3 is 2.16 bits per heavy atom. The fourth-order valence-corrected chi connectivity index (χ4v) is 2.24. The summed E-state index contributed by atoms with van der Waals surface area (Å²) in [5, 5.41) is 8.90. The van der Waals surface area contributed by atoms with E-state index in [0.717, 1.165) is 33.5 Å². The monoisotopic (exact) mass is 248 g/mol. The summed E-state index contributed by atoms with van der Waals surface area (Å²) in [6.45, 7) is 8.20. The summed E-state index contributed by atoms with van der Waals surface area (Å²) in [7, 11) is 0. The predicted molar refractivity (Wildman–Crippen MR) is 79.6 cm³/mol. The van der Waals surface area contributed by atoms with E-state index in [1.165, 1.54) is 0 Å². The zero-order valence-corrected chi connectivity index (χ0v) is 11.2. The molecule has 2 aromatic rings. The Morgan fingerprint density at radius 2 is 1.63 bits per heavy atom. The third-order valence-electron chi connectivity index (χ3n) is 3.26. The van der Waals surface area contributed by atoms with Crippen molar-refractivity contribution in [1.29, 1.82) is 5.26 Å². The molecule has 0 bridgehead atoms. The minimum Gasteiger partial charge on any atom is -0.399 e. The molecule has 0 radical (unpaired) electrons. The van der Waals surface area contributed by atoms with Gasteiger partial charge < -0.3 is 5.73 Å². The Balaban J connectivity index is 2.48. The molecule has 0 heterocycles. The van der Waals surface area contributed by atoms with E-state index >= 15 is 0 Å². The van der Waals surface area contributed by atoms with Gasteiger partial charge in [-0.25, -0.2) is 0 Å². The first kappa shape index (κ1) is 12.9. The van der Waals surface area contributed by atoms with Crippen molar-refractivity contribution in [2.75, 3.05) is 5.73 Å². The first-order chi connectivity index (χ1) is 9.02. The molecule has 0 fully saturated rings. The summed E-state index contributed by atoms with van der Waals surface area (Å²) in [6, 6.07) is 13.6. The highest BCUT2D eigenvalue weighted by molar-refractivity contribution is 5.82. The molecule has 19 heavy (non-hydrogen) atoms. The molecule has 2 nitrogen and oxygen atoms in total. The molecular weight excluding hydrogens is 232 g/mol. The molecule has 0 aliphatic heterocycles. The number of nitrogens with two attached hydrogens (primary N) is 1. The molecule has 0 aliphatic carbocycles. The van der Waals surface area contributed by atoms with E-state index in [0.29, 0.717) is 5.56 Å². The number of nitriles is 1. The fourth-order valence-electron chi connectivity index (χ4n) is 2.24. The van der Waals surface area contributed by atoms with Crippen LogP contribution in [-0.4, -0.2) is 0 Å². The Morgan fingerprint density at radius 1 is 1.05 bits per heavy atom. The van der Waals surface area contributed by atoms with Gasteiger partial charge in [0.2, 0.25) is 0 Å². The predicted octanol–water partition coefficient (Wildman–Crippen LogP) is 3.82. The lowest BCUT2D eigenvalue weighted by Crippen LogP contribution is -1.95. The van der Waals surface area contributed by atoms with Crippen LogP contribution in [0.15, 0.2) is 43.0 Å². The quantitative estimate of drug-likeness (QED) is 0.821. The van der Waals surface area contributed by atoms with E-state index in [-0.39, 0.29) is 0 Å². The van der Waals surface area contributed by atoms with Gasteiger partial charge in [-0.15, -0.1) is 0 Å². The molecule has 0 unspecified atom stereocenters. The van der Waals surface area contributed by atoms with Crippen LogP contribution in [-0.2, 0) is 0 Å². The largest absolute Gasteiger partial charge is 0.399 e. The molecule has 0 spiro atoms. The number of hydrogen-bond acceptors (Lipinski definition) is 2. The Kier molecular flexibility index (Phi) is 3.39. The first-order valence-corrected chi connectivity index (χ1v) is 6.09. The van der Waals surface area contributed by atoms with Crippen molar-refractivity contribution in [3.05, 3.63) is 70.8 Å². The summed E-state index contributed by atoms with van der Waals surface area (Å²) in [5.41, 5.74) is 12.5. The molecule has 94 valence electrons. The van der Waals surface area contributed by atoms with Crippen molar-refractivity contribution in [3.8, 4) is 6.07 Å². The van der Waals surface area contributed by atoms with Gasteiger partial charge in [0, 0.05) is 5.69 Å². The molecular formula is C17H16N2. The van der Waals surface area contributed by atoms with Gasteiger partial charge in [0.15, 0.2) is 0 Å². The zero-order chi connectivity index (χ0) is 14.0. The van der Waals surface area contributed by atoms with E-state index in [2.05, 4.69) is 12.6 Å². The van der Waals surface area contributed by atoms with Crippen LogP contribution in [0.25, 0.3) is 5.57 Å². The number of aryl methyl sites for hydroxylation is 2. The first-order valence-electron chi connectivity index (χ1n) is 6.09. The Labute approximate surface area is 113 Å². The number of anilines is 1. The van der Waals surface area contributed by atoms with E-state index in [4.69, 9.17) is 11.0 Å². The molecule has 2 rings (SSSR count). The van der Waals surface area contributed by atoms with Gasteiger partial charge in [-0.05, 0) is 65.9 Å². The van der Waals surface area contributed by atoms with Crippen LogP contribution < -0.4 is 5.73 Å². The second kappa shape index (κ2) is 4.99. The normalized spacial score (nSPS) is 9.95. The molecule has 2 aromatic carbocycles. The van der Waals surface area contributed by atoms with Crippen molar-refractivity contribution in [2.45, 2.75) is 13.8 Å². The van der Waals surface area contributed by atoms with Crippen LogP contribution in [0.3, 0.4) is 0 Å². The number of rotatable bonds is 2. The van der Waals surface area contributed by atoms with Crippen LogP contribution in [0, 0.1) is 25.2 Å². The molecule has 0 saturated heterocycles. The number of nitrogens with zero attached hydrogens (tertiary/aromatic N) is 1. The maximum Gasteiger partial charge on any atom is 0.0991 e. The minimum absolute atomic E-state index is 0.670. The lowest BCUT2D eigenvalue weighted by molar-refractivity contribution is 1.36. The third kappa shape index (κ3) is 2.51. The summed E-state index contributed by atoms with van der Waals surface area (Å²) >= 11 is 0.